The van der Waals surface area contributed by atoms with Gasteiger partial charge in [-0.3, -0.25) is 0 Å². The van der Waals surface area contributed by atoms with Gasteiger partial charge in [0.1, 0.15) is 5.75 Å². The van der Waals surface area contributed by atoms with Crippen molar-refractivity contribution in [2.24, 2.45) is 0 Å². The molecule has 0 aliphatic heterocycles. The number of nitrogens with zero attached hydrogens (tertiary/aromatic N) is 1. The van der Waals surface area contributed by atoms with E-state index in [1.165, 1.54) is 0 Å². The molecule has 0 radical (unpaired) electrons. The maximum absolute atomic E-state index is 8.62. The molecule has 0 saturated carbocycles. The number of aliphatic hydroxyl groups excluding tert-OH is 1. The highest BCUT2D eigenvalue weighted by Crippen LogP contribution is 2.29. The van der Waals surface area contributed by atoms with Gasteiger partial charge in [0.2, 0.25) is 8.32 Å². The van der Waals surface area contributed by atoms with Gasteiger partial charge in [0.25, 0.3) is 0 Å². The van der Waals surface area contributed by atoms with Crippen LogP contribution in [0.25, 0.3) is 0 Å². The van der Waals surface area contributed by atoms with Crippen molar-refractivity contribution < 1.29 is 42.7 Å². The van der Waals surface area contributed by atoms with Crippen LogP contribution in [-0.2, 0) is 33.2 Å². The van der Waals surface area contributed by atoms with Crippen molar-refractivity contribution in [2.45, 2.75) is 32.9 Å². The van der Waals surface area contributed by atoms with Crippen LogP contribution >= 0.6 is 0 Å². The summed E-state index contributed by atoms with van der Waals surface area (Å²) in [5.74, 6) is 0.706. The van der Waals surface area contributed by atoms with Gasteiger partial charge in [0.05, 0.1) is 91.5 Å². The van der Waals surface area contributed by atoms with Gasteiger partial charge in [-0.05, 0) is 38.7 Å². The van der Waals surface area contributed by atoms with Crippen LogP contribution in [0, 0.1) is 0 Å². The summed E-state index contributed by atoms with van der Waals surface area (Å²) in [4.78, 5) is 2.05. The van der Waals surface area contributed by atoms with Crippen LogP contribution in [0.4, 0.5) is 11.4 Å². The first-order valence-corrected chi connectivity index (χ1v) is 16.7. The molecule has 222 valence electrons. The van der Waals surface area contributed by atoms with Crippen molar-refractivity contribution in [1.82, 2.24) is 0 Å². The lowest BCUT2D eigenvalue weighted by atomic mass is 10.2. The summed E-state index contributed by atoms with van der Waals surface area (Å²) in [7, 11) is 0.184. The molecule has 11 nitrogen and oxygen atoms in total. The second kappa shape index (κ2) is 21.4. The molecule has 38 heavy (non-hydrogen) atoms. The van der Waals surface area contributed by atoms with E-state index in [0.717, 1.165) is 5.69 Å². The van der Waals surface area contributed by atoms with Gasteiger partial charge < -0.3 is 53.3 Å². The zero-order valence-electron chi connectivity index (χ0n) is 23.9. The molecule has 12 heteroatoms. The highest BCUT2D eigenvalue weighted by molar-refractivity contribution is 6.70. The monoisotopic (exact) mass is 562 g/mol. The number of ether oxygens (including phenoxy) is 7. The Hall–Kier alpha value is -1.48. The minimum absolute atomic E-state index is 0.0198. The Balaban J connectivity index is 2.36. The lowest BCUT2D eigenvalue weighted by molar-refractivity contribution is -0.152. The van der Waals surface area contributed by atoms with E-state index in [9.17, 15) is 0 Å². The highest BCUT2D eigenvalue weighted by Gasteiger charge is 2.19. The number of likely N-dealkylation sites (N-methyl/N-ethyl adjacent to an activating group) is 1. The maximum atomic E-state index is 8.62. The predicted molar refractivity (Wildman–Crippen MR) is 151 cm³/mol. The summed E-state index contributed by atoms with van der Waals surface area (Å²) >= 11 is 0. The summed E-state index contributed by atoms with van der Waals surface area (Å²) in [6.45, 7) is 14.4. The number of nitrogens with two attached hydrogens (primary N) is 1. The second-order valence-corrected chi connectivity index (χ2v) is 13.8. The van der Waals surface area contributed by atoms with Crippen LogP contribution < -0.4 is 15.1 Å². The first kappa shape index (κ1) is 34.5. The van der Waals surface area contributed by atoms with E-state index in [0.29, 0.717) is 97.3 Å². The Morgan fingerprint density at radius 2 is 1.29 bits per heavy atom. The number of benzene rings is 1. The third-order valence-electron chi connectivity index (χ3n) is 4.90. The standard InChI is InChI=1S/C26H50N2O9Si/c1-6-30-17-19-35-26(22-28(2)23-7-8-24(27)25(21-23)37-38(3,4)5)36-20-18-34-16-15-33-14-13-32-12-11-31-10-9-29/h7-8,21,26,29H,6,9-20,22,27H2,1-5H3. The summed E-state index contributed by atoms with van der Waals surface area (Å²) in [6.07, 6.45) is -0.460. The molecule has 1 rings (SSSR count). The SMILES string of the molecule is CCOCCOC(CN(C)c1ccc(N)c(O[Si](C)(C)C)c1)OCCOCCOCCOCCOCCO. The minimum atomic E-state index is -1.79. The van der Waals surface area contributed by atoms with Crippen LogP contribution in [0.3, 0.4) is 0 Å². The fourth-order valence-electron chi connectivity index (χ4n) is 3.11. The van der Waals surface area contributed by atoms with Gasteiger partial charge >= 0.3 is 0 Å². The maximum Gasteiger partial charge on any atom is 0.242 e. The van der Waals surface area contributed by atoms with Gasteiger partial charge in [-0.25, -0.2) is 0 Å². The van der Waals surface area contributed by atoms with E-state index < -0.39 is 14.6 Å². The fourth-order valence-corrected chi connectivity index (χ4v) is 3.95. The number of hydrogen-bond acceptors (Lipinski definition) is 11. The van der Waals surface area contributed by atoms with Crippen molar-refractivity contribution in [2.75, 3.05) is 110 Å². The number of hydrogen-bond donors (Lipinski definition) is 2. The van der Waals surface area contributed by atoms with Crippen LogP contribution in [-0.4, -0.2) is 119 Å². The van der Waals surface area contributed by atoms with Gasteiger partial charge in [-0.15, -0.1) is 0 Å². The molecular weight excluding hydrogens is 512 g/mol. The van der Waals surface area contributed by atoms with E-state index in [-0.39, 0.29) is 6.61 Å². The number of aliphatic hydroxyl groups is 1. The predicted octanol–water partition coefficient (Wildman–Crippen LogP) is 2.37. The van der Waals surface area contributed by atoms with Crippen molar-refractivity contribution in [3.8, 4) is 5.75 Å². The van der Waals surface area contributed by atoms with E-state index in [1.807, 2.05) is 32.2 Å². The number of rotatable bonds is 25. The van der Waals surface area contributed by atoms with Crippen LogP contribution in [0.5, 0.6) is 5.75 Å². The van der Waals surface area contributed by atoms with Crippen molar-refractivity contribution in [3.63, 3.8) is 0 Å². The Kier molecular flexibility index (Phi) is 19.4. The molecule has 0 fully saturated rings. The van der Waals surface area contributed by atoms with Crippen molar-refractivity contribution >= 4 is 19.7 Å². The van der Waals surface area contributed by atoms with Crippen molar-refractivity contribution in [3.05, 3.63) is 18.2 Å². The molecule has 0 saturated heterocycles. The Labute approximate surface area is 229 Å². The van der Waals surface area contributed by atoms with E-state index >= 15 is 0 Å². The molecule has 0 spiro atoms. The summed E-state index contributed by atoms with van der Waals surface area (Å²) < 4.78 is 45.0. The topological polar surface area (TPSA) is 123 Å². The number of anilines is 2. The summed E-state index contributed by atoms with van der Waals surface area (Å²) in [5.41, 5.74) is 7.72. The summed E-state index contributed by atoms with van der Waals surface area (Å²) in [5, 5.41) is 8.62. The average molecular weight is 563 g/mol. The molecule has 0 aliphatic rings. The van der Waals surface area contributed by atoms with Crippen LogP contribution in [0.2, 0.25) is 19.6 Å². The van der Waals surface area contributed by atoms with E-state index in [4.69, 9.17) is 48.4 Å². The molecule has 1 aromatic rings. The first-order valence-electron chi connectivity index (χ1n) is 13.3. The van der Waals surface area contributed by atoms with Gasteiger partial charge in [0, 0.05) is 25.4 Å². The third kappa shape index (κ3) is 17.9. The lowest BCUT2D eigenvalue weighted by Crippen LogP contribution is -2.35. The van der Waals surface area contributed by atoms with E-state index in [1.54, 1.807) is 0 Å². The second-order valence-electron chi connectivity index (χ2n) is 9.36. The molecule has 0 aromatic heterocycles. The van der Waals surface area contributed by atoms with Gasteiger partial charge in [-0.2, -0.15) is 0 Å². The lowest BCUT2D eigenvalue weighted by Gasteiger charge is -2.27. The molecule has 3 N–H and O–H groups in total. The average Bonchev–Trinajstić information content (AvgIpc) is 2.87. The van der Waals surface area contributed by atoms with Crippen LogP contribution in [0.15, 0.2) is 18.2 Å². The minimum Gasteiger partial charge on any atom is -0.543 e. The number of nitrogen functional groups attached to an aromatic ring is 1. The zero-order chi connectivity index (χ0) is 28.1. The summed E-state index contributed by atoms with van der Waals surface area (Å²) in [6, 6.07) is 5.79. The molecule has 1 unspecified atom stereocenters. The van der Waals surface area contributed by atoms with Gasteiger partial charge in [0.15, 0.2) is 6.29 Å². The molecule has 0 aliphatic carbocycles. The first-order chi connectivity index (χ1) is 18.3. The van der Waals surface area contributed by atoms with Crippen molar-refractivity contribution in [1.29, 1.82) is 0 Å². The fraction of sp³-hybridized carbons (Fsp3) is 0.769. The van der Waals surface area contributed by atoms with Crippen LogP contribution in [0.1, 0.15) is 6.92 Å². The smallest absolute Gasteiger partial charge is 0.242 e. The molecular formula is C26H50N2O9Si. The highest BCUT2D eigenvalue weighted by atomic mass is 28.4. The quantitative estimate of drug-likeness (QED) is 0.0790. The zero-order valence-corrected chi connectivity index (χ0v) is 24.9. The molecule has 0 amide bonds. The van der Waals surface area contributed by atoms with E-state index in [2.05, 4.69) is 24.5 Å². The Morgan fingerprint density at radius 1 is 0.789 bits per heavy atom. The molecule has 1 atom stereocenters. The normalized spacial score (nSPS) is 12.6. The molecule has 0 bridgehead atoms. The Bertz CT molecular complexity index is 710. The Morgan fingerprint density at radius 3 is 1.79 bits per heavy atom. The van der Waals surface area contributed by atoms with Gasteiger partial charge in [-0.1, -0.05) is 0 Å². The third-order valence-corrected chi connectivity index (χ3v) is 5.73. The molecule has 1 aromatic carbocycles. The largest absolute Gasteiger partial charge is 0.543 e. The molecule has 0 heterocycles.